The third kappa shape index (κ3) is 2.25. The Kier molecular flexibility index (Phi) is 3.09. The quantitative estimate of drug-likeness (QED) is 0.741. The van der Waals surface area contributed by atoms with Crippen molar-refractivity contribution in [1.82, 2.24) is 19.5 Å². The lowest BCUT2D eigenvalue weighted by molar-refractivity contribution is -0.150. The van der Waals surface area contributed by atoms with Crippen molar-refractivity contribution in [2.75, 3.05) is 12.3 Å². The number of carbonyl (C=O) groups excluding carboxylic acids is 1. The summed E-state index contributed by atoms with van der Waals surface area (Å²) >= 11 is 0. The molecule has 1 saturated heterocycles. The summed E-state index contributed by atoms with van der Waals surface area (Å²) in [6.45, 7) is 2.85. The Morgan fingerprint density at radius 2 is 2.17 bits per heavy atom. The van der Waals surface area contributed by atoms with Crippen LogP contribution in [-0.4, -0.2) is 31.9 Å². The van der Waals surface area contributed by atoms with Crippen molar-refractivity contribution in [1.29, 1.82) is 0 Å². The number of rotatable bonds is 3. The average Bonchev–Trinajstić information content (AvgIpc) is 2.96. The van der Waals surface area contributed by atoms with Crippen LogP contribution in [0.25, 0.3) is 11.0 Å². The second-order valence-corrected chi connectivity index (χ2v) is 5.70. The topological polar surface area (TPSA) is 95.9 Å². The van der Waals surface area contributed by atoms with E-state index in [0.717, 1.165) is 12.0 Å². The van der Waals surface area contributed by atoms with Gasteiger partial charge in [-0.3, -0.25) is 9.78 Å². The summed E-state index contributed by atoms with van der Waals surface area (Å²) in [6, 6.07) is 5.12. The summed E-state index contributed by atoms with van der Waals surface area (Å²) in [5.74, 6) is 0.197. The lowest BCUT2D eigenvalue weighted by atomic mass is 10.1. The highest BCUT2D eigenvalue weighted by Gasteiger charge is 2.30. The van der Waals surface area contributed by atoms with Crippen LogP contribution in [0, 0.1) is 5.92 Å². The fraction of sp³-hybridized carbons (Fsp3) is 0.250. The lowest BCUT2D eigenvalue weighted by Gasteiger charge is -2.35. The average molecular weight is 309 g/mol. The van der Waals surface area contributed by atoms with Gasteiger partial charge in [0.2, 0.25) is 11.6 Å². The van der Waals surface area contributed by atoms with E-state index in [1.165, 1.54) is 6.20 Å². The number of anilines is 1. The largest absolute Gasteiger partial charge is 0.397 e. The minimum Gasteiger partial charge on any atom is -0.397 e. The Hall–Kier alpha value is -2.80. The summed E-state index contributed by atoms with van der Waals surface area (Å²) in [5, 5.41) is 0.870. The van der Waals surface area contributed by atoms with Crippen molar-refractivity contribution < 1.29 is 9.53 Å². The van der Waals surface area contributed by atoms with E-state index in [0.29, 0.717) is 17.3 Å². The minimum absolute atomic E-state index is 0.0417. The standard InChI is InChI=1S/C16H15N5O2/c1-9-8-23-16(9)21-5-4-10-6-19-14(20-15(10)21)13(22)12-3-2-11(17)7-18-12/h2-7,9,16H,8,17H2,1H3. The second-order valence-electron chi connectivity index (χ2n) is 5.70. The summed E-state index contributed by atoms with van der Waals surface area (Å²) in [5.41, 5.74) is 7.05. The SMILES string of the molecule is CC1COC1n1ccc2cnc(C(=O)c3ccc(N)cn3)nc21. The zero-order chi connectivity index (χ0) is 16.0. The molecule has 2 unspecified atom stereocenters. The fourth-order valence-electron chi connectivity index (χ4n) is 2.64. The maximum Gasteiger partial charge on any atom is 0.248 e. The minimum atomic E-state index is -0.331. The first-order valence-electron chi connectivity index (χ1n) is 7.35. The number of nitrogen functional groups attached to an aromatic ring is 1. The van der Waals surface area contributed by atoms with Gasteiger partial charge in [-0.15, -0.1) is 0 Å². The van der Waals surface area contributed by atoms with Crippen LogP contribution in [0.15, 0.2) is 36.8 Å². The van der Waals surface area contributed by atoms with E-state index in [-0.39, 0.29) is 23.5 Å². The molecule has 0 aromatic carbocycles. The van der Waals surface area contributed by atoms with Gasteiger partial charge < -0.3 is 15.0 Å². The molecular weight excluding hydrogens is 294 g/mol. The van der Waals surface area contributed by atoms with Gasteiger partial charge in [0.25, 0.3) is 0 Å². The number of fused-ring (bicyclic) bond motifs is 1. The maximum atomic E-state index is 12.5. The normalized spacial score (nSPS) is 20.4. The lowest BCUT2D eigenvalue weighted by Crippen LogP contribution is -2.34. The van der Waals surface area contributed by atoms with Crippen molar-refractivity contribution in [3.05, 3.63) is 48.3 Å². The van der Waals surface area contributed by atoms with Gasteiger partial charge in [-0.05, 0) is 18.2 Å². The van der Waals surface area contributed by atoms with E-state index in [1.807, 2.05) is 16.8 Å². The van der Waals surface area contributed by atoms with Crippen molar-refractivity contribution in [3.63, 3.8) is 0 Å². The van der Waals surface area contributed by atoms with Crippen LogP contribution >= 0.6 is 0 Å². The predicted octanol–water partition coefficient (Wildman–Crippen LogP) is 1.80. The molecule has 2 atom stereocenters. The van der Waals surface area contributed by atoms with Gasteiger partial charge in [-0.25, -0.2) is 9.97 Å². The number of hydrogen-bond donors (Lipinski definition) is 1. The molecule has 0 bridgehead atoms. The molecule has 116 valence electrons. The highest BCUT2D eigenvalue weighted by atomic mass is 16.5. The molecule has 1 aliphatic rings. The molecule has 0 saturated carbocycles. The van der Waals surface area contributed by atoms with E-state index < -0.39 is 0 Å². The number of carbonyl (C=O) groups is 1. The fourth-order valence-corrected chi connectivity index (χ4v) is 2.64. The monoisotopic (exact) mass is 309 g/mol. The number of hydrogen-bond acceptors (Lipinski definition) is 6. The van der Waals surface area contributed by atoms with Crippen molar-refractivity contribution in [2.45, 2.75) is 13.2 Å². The Morgan fingerprint density at radius 3 is 2.83 bits per heavy atom. The van der Waals surface area contributed by atoms with Crippen molar-refractivity contribution in [3.8, 4) is 0 Å². The number of ketones is 1. The van der Waals surface area contributed by atoms with Crippen LogP contribution < -0.4 is 5.73 Å². The third-order valence-electron chi connectivity index (χ3n) is 3.97. The molecule has 0 aliphatic carbocycles. The van der Waals surface area contributed by atoms with Gasteiger partial charge in [0.05, 0.1) is 18.5 Å². The van der Waals surface area contributed by atoms with E-state index >= 15 is 0 Å². The zero-order valence-corrected chi connectivity index (χ0v) is 12.5. The van der Waals surface area contributed by atoms with Crippen LogP contribution in [0.5, 0.6) is 0 Å². The first-order valence-corrected chi connectivity index (χ1v) is 7.35. The van der Waals surface area contributed by atoms with Gasteiger partial charge >= 0.3 is 0 Å². The Balaban J connectivity index is 1.74. The summed E-state index contributed by atoms with van der Waals surface area (Å²) in [7, 11) is 0. The van der Waals surface area contributed by atoms with E-state index in [1.54, 1.807) is 18.3 Å². The third-order valence-corrected chi connectivity index (χ3v) is 3.97. The molecule has 7 heteroatoms. The summed E-state index contributed by atoms with van der Waals surface area (Å²) in [6.07, 6.45) is 4.96. The molecule has 7 nitrogen and oxygen atoms in total. The van der Waals surface area contributed by atoms with Crippen molar-refractivity contribution >= 4 is 22.5 Å². The van der Waals surface area contributed by atoms with Gasteiger partial charge in [0.1, 0.15) is 17.6 Å². The molecule has 4 rings (SSSR count). The smallest absolute Gasteiger partial charge is 0.248 e. The summed E-state index contributed by atoms with van der Waals surface area (Å²) in [4.78, 5) is 25.1. The first kappa shape index (κ1) is 13.8. The highest BCUT2D eigenvalue weighted by Crippen LogP contribution is 2.32. The molecule has 1 aliphatic heterocycles. The Bertz CT molecular complexity index is 887. The molecule has 2 N–H and O–H groups in total. The molecule has 4 heterocycles. The number of nitrogens with zero attached hydrogens (tertiary/aromatic N) is 4. The van der Waals surface area contributed by atoms with E-state index in [4.69, 9.17) is 10.5 Å². The van der Waals surface area contributed by atoms with Crippen LogP contribution in [0.2, 0.25) is 0 Å². The van der Waals surface area contributed by atoms with Gasteiger partial charge in [0.15, 0.2) is 0 Å². The second kappa shape index (κ2) is 5.13. The first-order chi connectivity index (χ1) is 11.1. The van der Waals surface area contributed by atoms with Crippen LogP contribution in [-0.2, 0) is 4.74 Å². The highest BCUT2D eigenvalue weighted by molar-refractivity contribution is 6.05. The predicted molar refractivity (Wildman–Crippen MR) is 83.8 cm³/mol. The van der Waals surface area contributed by atoms with Crippen molar-refractivity contribution in [2.24, 2.45) is 5.92 Å². The number of nitrogens with two attached hydrogens (primary N) is 1. The number of aromatic nitrogens is 4. The molecule has 0 amide bonds. The van der Waals surface area contributed by atoms with Crippen LogP contribution in [0.1, 0.15) is 29.5 Å². The molecule has 3 aromatic rings. The van der Waals surface area contributed by atoms with E-state index in [9.17, 15) is 4.79 Å². The van der Waals surface area contributed by atoms with Gasteiger partial charge in [-0.1, -0.05) is 6.92 Å². The Morgan fingerprint density at radius 1 is 1.30 bits per heavy atom. The summed E-state index contributed by atoms with van der Waals surface area (Å²) < 4.78 is 7.53. The number of ether oxygens (including phenoxy) is 1. The molecule has 0 radical (unpaired) electrons. The molecular formula is C16H15N5O2. The molecule has 1 fully saturated rings. The van der Waals surface area contributed by atoms with Crippen LogP contribution in [0.3, 0.4) is 0 Å². The molecule has 0 spiro atoms. The molecule has 3 aromatic heterocycles. The van der Waals surface area contributed by atoms with E-state index in [2.05, 4.69) is 21.9 Å². The Labute approximate surface area is 132 Å². The van der Waals surface area contributed by atoms with Gasteiger partial charge in [0, 0.05) is 23.7 Å². The van der Waals surface area contributed by atoms with Crippen LogP contribution in [0.4, 0.5) is 5.69 Å². The molecule has 23 heavy (non-hydrogen) atoms. The van der Waals surface area contributed by atoms with Gasteiger partial charge in [-0.2, -0.15) is 0 Å². The zero-order valence-electron chi connectivity index (χ0n) is 12.5. The number of pyridine rings is 1. The maximum absolute atomic E-state index is 12.5.